The molecule has 1 aromatic heterocycles. The van der Waals surface area contributed by atoms with Gasteiger partial charge in [0.2, 0.25) is 0 Å². The van der Waals surface area contributed by atoms with Crippen LogP contribution in [0.2, 0.25) is 5.02 Å². The second-order valence-electron chi connectivity index (χ2n) is 6.03. The van der Waals surface area contributed by atoms with Crippen LogP contribution in [-0.4, -0.2) is 17.2 Å². The zero-order valence-corrected chi connectivity index (χ0v) is 15.0. The fourth-order valence-corrected chi connectivity index (χ4v) is 2.93. The highest BCUT2D eigenvalue weighted by atomic mass is 35.5. The van der Waals surface area contributed by atoms with E-state index in [-0.39, 0.29) is 10.8 Å². The Labute approximate surface area is 154 Å². The Hall–Kier alpha value is -2.79. The number of rotatable bonds is 5. The average Bonchev–Trinajstić information content (AvgIpc) is 2.61. The van der Waals surface area contributed by atoms with Crippen molar-refractivity contribution in [3.05, 3.63) is 74.6 Å². The van der Waals surface area contributed by atoms with E-state index in [1.807, 2.05) is 37.3 Å². The lowest BCUT2D eigenvalue weighted by Crippen LogP contribution is -2.23. The van der Waals surface area contributed by atoms with Crippen LogP contribution in [-0.2, 0) is 11.2 Å². The van der Waals surface area contributed by atoms with Gasteiger partial charge in [0.1, 0.15) is 11.3 Å². The van der Waals surface area contributed by atoms with Gasteiger partial charge in [-0.2, -0.15) is 0 Å². The lowest BCUT2D eigenvalue weighted by atomic mass is 9.99. The van der Waals surface area contributed by atoms with Crippen molar-refractivity contribution in [3.63, 3.8) is 0 Å². The topological polar surface area (TPSA) is 76.7 Å². The SMILES string of the molecule is Cc1c(Cc2ccccc2)c(=O)oc2cc(O[C@H](C)C(=O)O)c(Cl)cc12. The molecule has 134 valence electrons. The fraction of sp³-hybridized carbons (Fsp3) is 0.200. The van der Waals surface area contributed by atoms with Gasteiger partial charge < -0.3 is 14.3 Å². The summed E-state index contributed by atoms with van der Waals surface area (Å²) < 4.78 is 10.8. The zero-order valence-electron chi connectivity index (χ0n) is 14.3. The molecule has 0 unspecified atom stereocenters. The molecule has 2 aromatic carbocycles. The number of carbonyl (C=O) groups is 1. The van der Waals surface area contributed by atoms with Crippen LogP contribution in [0.1, 0.15) is 23.6 Å². The highest BCUT2D eigenvalue weighted by molar-refractivity contribution is 6.32. The van der Waals surface area contributed by atoms with Crippen LogP contribution in [0, 0.1) is 6.92 Å². The first kappa shape index (κ1) is 18.0. The summed E-state index contributed by atoms with van der Waals surface area (Å²) in [5, 5.41) is 9.92. The molecule has 0 radical (unpaired) electrons. The molecule has 0 aliphatic carbocycles. The minimum atomic E-state index is -1.11. The molecule has 6 heteroatoms. The Kier molecular flexibility index (Phi) is 5.00. The minimum Gasteiger partial charge on any atom is -0.479 e. The van der Waals surface area contributed by atoms with Crippen LogP contribution in [0.4, 0.5) is 0 Å². The summed E-state index contributed by atoms with van der Waals surface area (Å²) in [5.41, 5.74) is 2.22. The third-order valence-corrected chi connectivity index (χ3v) is 4.51. The first-order chi connectivity index (χ1) is 12.4. The molecule has 0 amide bonds. The summed E-state index contributed by atoms with van der Waals surface area (Å²) in [6.45, 7) is 3.24. The first-order valence-corrected chi connectivity index (χ1v) is 8.44. The van der Waals surface area contributed by atoms with Crippen molar-refractivity contribution < 1.29 is 19.1 Å². The van der Waals surface area contributed by atoms with Gasteiger partial charge in [-0.1, -0.05) is 41.9 Å². The zero-order chi connectivity index (χ0) is 18.8. The molecule has 0 spiro atoms. The van der Waals surface area contributed by atoms with Gasteiger partial charge in [0.25, 0.3) is 0 Å². The predicted molar refractivity (Wildman–Crippen MR) is 99.2 cm³/mol. The third kappa shape index (κ3) is 3.58. The third-order valence-electron chi connectivity index (χ3n) is 4.22. The molecule has 1 N–H and O–H groups in total. The molecule has 1 atom stereocenters. The van der Waals surface area contributed by atoms with Gasteiger partial charge in [-0.3, -0.25) is 0 Å². The minimum absolute atomic E-state index is 0.160. The van der Waals surface area contributed by atoms with Gasteiger partial charge in [-0.05, 0) is 31.0 Å². The van der Waals surface area contributed by atoms with E-state index in [1.165, 1.54) is 13.0 Å². The van der Waals surface area contributed by atoms with E-state index in [0.29, 0.717) is 23.0 Å². The smallest absolute Gasteiger partial charge is 0.344 e. The molecule has 1 heterocycles. The second kappa shape index (κ2) is 7.22. The van der Waals surface area contributed by atoms with E-state index >= 15 is 0 Å². The average molecular weight is 373 g/mol. The summed E-state index contributed by atoms with van der Waals surface area (Å²) in [7, 11) is 0. The molecule has 0 fully saturated rings. The molecule has 3 aromatic rings. The number of benzene rings is 2. The Morgan fingerprint density at radius 1 is 1.27 bits per heavy atom. The molecule has 0 saturated carbocycles. The summed E-state index contributed by atoms with van der Waals surface area (Å²) >= 11 is 6.24. The predicted octanol–water partition coefficient (Wildman–Crippen LogP) is 4.20. The number of hydrogen-bond donors (Lipinski definition) is 1. The lowest BCUT2D eigenvalue weighted by Gasteiger charge is -2.14. The Bertz CT molecular complexity index is 1020. The van der Waals surface area contributed by atoms with Crippen LogP contribution in [0.15, 0.2) is 51.7 Å². The molecular formula is C20H17ClO5. The van der Waals surface area contributed by atoms with Crippen molar-refractivity contribution in [2.24, 2.45) is 0 Å². The number of carboxylic acid groups (broad SMARTS) is 1. The van der Waals surface area contributed by atoms with Crippen LogP contribution >= 0.6 is 11.6 Å². The number of aryl methyl sites for hydroxylation is 1. The molecule has 26 heavy (non-hydrogen) atoms. The number of hydrogen-bond acceptors (Lipinski definition) is 4. The van der Waals surface area contributed by atoms with Crippen molar-refractivity contribution in [3.8, 4) is 5.75 Å². The monoisotopic (exact) mass is 372 g/mol. The van der Waals surface area contributed by atoms with Gasteiger partial charge >= 0.3 is 11.6 Å². The molecule has 0 aliphatic heterocycles. The maximum atomic E-state index is 12.5. The standard InChI is InChI=1S/C20H17ClO5/c1-11-14-9-16(21)18(25-12(2)19(22)23)10-17(14)26-20(24)15(11)8-13-6-4-3-5-7-13/h3-7,9-10,12H,8H2,1-2H3,(H,22,23)/t12-/m1/s1. The molecule has 0 bridgehead atoms. The Morgan fingerprint density at radius 2 is 1.96 bits per heavy atom. The van der Waals surface area contributed by atoms with E-state index in [4.69, 9.17) is 25.9 Å². The summed E-state index contributed by atoms with van der Waals surface area (Å²) in [6.07, 6.45) is -0.619. The van der Waals surface area contributed by atoms with Crippen molar-refractivity contribution in [1.29, 1.82) is 0 Å². The van der Waals surface area contributed by atoms with Gasteiger partial charge in [0.15, 0.2) is 6.10 Å². The van der Waals surface area contributed by atoms with E-state index in [2.05, 4.69) is 0 Å². The van der Waals surface area contributed by atoms with E-state index in [0.717, 1.165) is 11.1 Å². The number of carboxylic acids is 1. The van der Waals surface area contributed by atoms with Gasteiger partial charge in [-0.25, -0.2) is 9.59 Å². The van der Waals surface area contributed by atoms with Gasteiger partial charge in [-0.15, -0.1) is 0 Å². The normalized spacial score (nSPS) is 12.1. The van der Waals surface area contributed by atoms with Crippen LogP contribution in [0.3, 0.4) is 0 Å². The molecule has 0 aliphatic rings. The van der Waals surface area contributed by atoms with E-state index < -0.39 is 17.7 Å². The summed E-state index contributed by atoms with van der Waals surface area (Å²) in [6, 6.07) is 12.7. The number of fused-ring (bicyclic) bond motifs is 1. The van der Waals surface area contributed by atoms with Crippen LogP contribution < -0.4 is 10.4 Å². The van der Waals surface area contributed by atoms with Crippen molar-refractivity contribution in [2.45, 2.75) is 26.4 Å². The van der Waals surface area contributed by atoms with Gasteiger partial charge in [0, 0.05) is 23.4 Å². The summed E-state index contributed by atoms with van der Waals surface area (Å²) in [4.78, 5) is 23.4. The van der Waals surface area contributed by atoms with Crippen molar-refractivity contribution in [1.82, 2.24) is 0 Å². The van der Waals surface area contributed by atoms with Crippen molar-refractivity contribution >= 4 is 28.5 Å². The lowest BCUT2D eigenvalue weighted by molar-refractivity contribution is -0.144. The number of ether oxygens (including phenoxy) is 1. The van der Waals surface area contributed by atoms with Gasteiger partial charge in [0.05, 0.1) is 5.02 Å². The first-order valence-electron chi connectivity index (χ1n) is 8.06. The largest absolute Gasteiger partial charge is 0.479 e. The molecular weight excluding hydrogens is 356 g/mol. The number of aliphatic carboxylic acids is 1. The van der Waals surface area contributed by atoms with Crippen LogP contribution in [0.25, 0.3) is 11.0 Å². The highest BCUT2D eigenvalue weighted by Gasteiger charge is 2.18. The maximum Gasteiger partial charge on any atom is 0.344 e. The molecule has 5 nitrogen and oxygen atoms in total. The number of halogens is 1. The Balaban J connectivity index is 2.07. The molecule has 0 saturated heterocycles. The van der Waals surface area contributed by atoms with Crippen LogP contribution in [0.5, 0.6) is 5.75 Å². The molecule has 3 rings (SSSR count). The van der Waals surface area contributed by atoms with Crippen molar-refractivity contribution in [2.75, 3.05) is 0 Å². The Morgan fingerprint density at radius 3 is 2.62 bits per heavy atom. The maximum absolute atomic E-state index is 12.5. The van der Waals surface area contributed by atoms with E-state index in [1.54, 1.807) is 6.07 Å². The fourth-order valence-electron chi connectivity index (χ4n) is 2.73. The second-order valence-corrected chi connectivity index (χ2v) is 6.44. The van der Waals surface area contributed by atoms with E-state index in [9.17, 15) is 9.59 Å². The quantitative estimate of drug-likeness (QED) is 0.679. The summed E-state index contributed by atoms with van der Waals surface area (Å²) in [5.74, 6) is -0.954. The highest BCUT2D eigenvalue weighted by Crippen LogP contribution is 2.32.